The molecule has 0 fully saturated rings. The number of halogens is 1. The van der Waals surface area contributed by atoms with Gasteiger partial charge in [0, 0.05) is 42.5 Å². The molecule has 7 nitrogen and oxygen atoms in total. The first-order valence-corrected chi connectivity index (χ1v) is 12.1. The number of nitrogens with zero attached hydrogens (tertiary/aromatic N) is 5. The number of unbranched alkanes of at least 4 members (excludes halogenated alkanes) is 1. The maximum atomic E-state index is 12.5. The van der Waals surface area contributed by atoms with Crippen LogP contribution in [-0.2, 0) is 24.4 Å². The van der Waals surface area contributed by atoms with E-state index in [2.05, 4.69) is 17.3 Å². The highest BCUT2D eigenvalue weighted by Gasteiger charge is 2.14. The van der Waals surface area contributed by atoms with Crippen LogP contribution < -0.4 is 5.32 Å². The van der Waals surface area contributed by atoms with Crippen molar-refractivity contribution in [2.45, 2.75) is 45.8 Å². The quantitative estimate of drug-likeness (QED) is 0.298. The topological polar surface area (TPSA) is 69.7 Å². The van der Waals surface area contributed by atoms with Gasteiger partial charge in [-0.1, -0.05) is 37.1 Å². The number of benzene rings is 2. The Morgan fingerprint density at radius 2 is 1.85 bits per heavy atom. The van der Waals surface area contributed by atoms with Crippen LogP contribution in [0.3, 0.4) is 0 Å². The van der Waals surface area contributed by atoms with Crippen molar-refractivity contribution in [3.8, 4) is 17.1 Å². The second-order valence-corrected chi connectivity index (χ2v) is 8.79. The highest BCUT2D eigenvalue weighted by Crippen LogP contribution is 2.21. The first kappa shape index (κ1) is 23.9. The third kappa shape index (κ3) is 5.81. The fourth-order valence-electron chi connectivity index (χ4n) is 3.60. The fourth-order valence-corrected chi connectivity index (χ4v) is 4.04. The molecule has 0 aliphatic carbocycles. The third-order valence-corrected chi connectivity index (χ3v) is 6.19. The Balaban J connectivity index is 1.38. The van der Waals surface area contributed by atoms with Gasteiger partial charge in [0.25, 0.3) is 0 Å². The number of aryl methyl sites for hydroxylation is 1. The zero-order valence-electron chi connectivity index (χ0n) is 19.0. The van der Waals surface area contributed by atoms with Crippen LogP contribution in [0, 0.1) is 4.77 Å². The summed E-state index contributed by atoms with van der Waals surface area (Å²) in [6.45, 7) is 3.81. The SMILES string of the molecule is CCCCn1c(-c2ccc(Cl)cc2)nn(CCC(=O)NCc2ccc(-n3cccn3)cc2)c1=S. The number of carbonyl (C=O) groups excluding carboxylic acids is 1. The molecule has 0 radical (unpaired) electrons. The molecule has 0 saturated carbocycles. The monoisotopic (exact) mass is 494 g/mol. The summed E-state index contributed by atoms with van der Waals surface area (Å²) in [5.41, 5.74) is 2.95. The molecule has 0 unspecified atom stereocenters. The van der Waals surface area contributed by atoms with E-state index in [1.165, 1.54) is 0 Å². The van der Waals surface area contributed by atoms with Crippen LogP contribution in [0.15, 0.2) is 67.0 Å². The lowest BCUT2D eigenvalue weighted by molar-refractivity contribution is -0.121. The lowest BCUT2D eigenvalue weighted by atomic mass is 10.2. The van der Waals surface area contributed by atoms with Crippen LogP contribution >= 0.6 is 23.8 Å². The van der Waals surface area contributed by atoms with E-state index < -0.39 is 0 Å². The first-order valence-electron chi connectivity index (χ1n) is 11.3. The van der Waals surface area contributed by atoms with Gasteiger partial charge >= 0.3 is 0 Å². The Hall–Kier alpha value is -3.23. The van der Waals surface area contributed by atoms with Gasteiger partial charge in [0.1, 0.15) is 0 Å². The molecule has 4 aromatic rings. The van der Waals surface area contributed by atoms with Crippen LogP contribution in [0.2, 0.25) is 5.02 Å². The molecule has 0 spiro atoms. The smallest absolute Gasteiger partial charge is 0.222 e. The van der Waals surface area contributed by atoms with E-state index in [-0.39, 0.29) is 5.91 Å². The Labute approximate surface area is 209 Å². The van der Waals surface area contributed by atoms with E-state index in [0.29, 0.717) is 29.3 Å². The van der Waals surface area contributed by atoms with Gasteiger partial charge in [0.05, 0.1) is 12.2 Å². The zero-order chi connectivity index (χ0) is 23.9. The van der Waals surface area contributed by atoms with Crippen LogP contribution in [0.4, 0.5) is 0 Å². The summed E-state index contributed by atoms with van der Waals surface area (Å²) in [5, 5.41) is 12.6. The molecule has 0 aliphatic heterocycles. The standard InChI is InChI=1S/C25H27ClN6OS/c1-2-3-15-30-24(20-7-9-21(26)10-8-20)29-32(25(30)34)17-13-23(33)27-18-19-5-11-22(12-6-19)31-16-4-14-28-31/h4-12,14,16H,2-3,13,15,17-18H2,1H3,(H,27,33). The molecule has 1 N–H and O–H groups in total. The molecule has 0 atom stereocenters. The predicted molar refractivity (Wildman–Crippen MR) is 136 cm³/mol. The molecule has 2 aromatic carbocycles. The summed E-state index contributed by atoms with van der Waals surface area (Å²) in [7, 11) is 0. The van der Waals surface area contributed by atoms with Crippen molar-refractivity contribution in [2.24, 2.45) is 0 Å². The summed E-state index contributed by atoms with van der Waals surface area (Å²) >= 11 is 11.7. The van der Waals surface area contributed by atoms with Crippen molar-refractivity contribution in [3.63, 3.8) is 0 Å². The normalized spacial score (nSPS) is 11.0. The molecule has 0 bridgehead atoms. The number of hydrogen-bond acceptors (Lipinski definition) is 4. The van der Waals surface area contributed by atoms with Crippen molar-refractivity contribution in [2.75, 3.05) is 0 Å². The van der Waals surface area contributed by atoms with Crippen molar-refractivity contribution in [3.05, 3.63) is 82.3 Å². The molecule has 176 valence electrons. The maximum absolute atomic E-state index is 12.5. The van der Waals surface area contributed by atoms with E-state index in [0.717, 1.165) is 42.0 Å². The molecule has 34 heavy (non-hydrogen) atoms. The minimum atomic E-state index is -0.0470. The molecular formula is C25H27ClN6OS. The molecule has 2 aromatic heterocycles. The van der Waals surface area contributed by atoms with Gasteiger partial charge in [0.2, 0.25) is 5.91 Å². The lowest BCUT2D eigenvalue weighted by Crippen LogP contribution is -2.24. The van der Waals surface area contributed by atoms with E-state index in [9.17, 15) is 4.79 Å². The number of rotatable bonds is 10. The van der Waals surface area contributed by atoms with Crippen LogP contribution in [0.5, 0.6) is 0 Å². The van der Waals surface area contributed by atoms with E-state index in [1.807, 2.05) is 65.4 Å². The number of aromatic nitrogens is 5. The van der Waals surface area contributed by atoms with Gasteiger partial charge in [-0.2, -0.15) is 10.2 Å². The van der Waals surface area contributed by atoms with Gasteiger partial charge in [-0.05, 0) is 66.7 Å². The van der Waals surface area contributed by atoms with E-state index >= 15 is 0 Å². The average molecular weight is 495 g/mol. The summed E-state index contributed by atoms with van der Waals surface area (Å²) in [5.74, 6) is 0.752. The van der Waals surface area contributed by atoms with Gasteiger partial charge in [-0.3, -0.25) is 9.36 Å². The molecule has 9 heteroatoms. The Bertz CT molecular complexity index is 1280. The summed E-state index contributed by atoms with van der Waals surface area (Å²) in [6, 6.07) is 17.4. The number of amides is 1. The molecule has 4 rings (SSSR count). The van der Waals surface area contributed by atoms with Gasteiger partial charge in [0.15, 0.2) is 10.6 Å². The predicted octanol–water partition coefficient (Wildman–Crippen LogP) is 5.43. The van der Waals surface area contributed by atoms with Crippen molar-refractivity contribution in [1.82, 2.24) is 29.4 Å². The minimum Gasteiger partial charge on any atom is -0.352 e. The van der Waals surface area contributed by atoms with Gasteiger partial charge in [-0.25, -0.2) is 9.36 Å². The second-order valence-electron chi connectivity index (χ2n) is 7.99. The number of hydrogen-bond donors (Lipinski definition) is 1. The average Bonchev–Trinajstić information content (AvgIpc) is 3.50. The highest BCUT2D eigenvalue weighted by molar-refractivity contribution is 7.71. The van der Waals surface area contributed by atoms with Gasteiger partial charge < -0.3 is 5.32 Å². The summed E-state index contributed by atoms with van der Waals surface area (Å²) in [6.07, 6.45) is 5.98. The Kier molecular flexibility index (Phi) is 7.92. The third-order valence-electron chi connectivity index (χ3n) is 5.51. The van der Waals surface area contributed by atoms with Crippen LogP contribution in [-0.4, -0.2) is 30.0 Å². The van der Waals surface area contributed by atoms with Crippen molar-refractivity contribution in [1.29, 1.82) is 0 Å². The molecule has 1 amide bonds. The Morgan fingerprint density at radius 1 is 1.09 bits per heavy atom. The van der Waals surface area contributed by atoms with Gasteiger partial charge in [-0.15, -0.1) is 0 Å². The zero-order valence-corrected chi connectivity index (χ0v) is 20.6. The molecular weight excluding hydrogens is 468 g/mol. The largest absolute Gasteiger partial charge is 0.352 e. The van der Waals surface area contributed by atoms with E-state index in [1.54, 1.807) is 15.6 Å². The summed E-state index contributed by atoms with van der Waals surface area (Å²) < 4.78 is 6.21. The number of nitrogens with one attached hydrogen (secondary N) is 1. The van der Waals surface area contributed by atoms with Crippen LogP contribution in [0.25, 0.3) is 17.1 Å². The minimum absolute atomic E-state index is 0.0470. The van der Waals surface area contributed by atoms with E-state index in [4.69, 9.17) is 28.9 Å². The van der Waals surface area contributed by atoms with Crippen LogP contribution in [0.1, 0.15) is 31.7 Å². The maximum Gasteiger partial charge on any atom is 0.222 e. The lowest BCUT2D eigenvalue weighted by Gasteiger charge is -2.07. The second kappa shape index (κ2) is 11.3. The fraction of sp³-hybridized carbons (Fsp3) is 0.280. The first-order chi connectivity index (χ1) is 16.5. The highest BCUT2D eigenvalue weighted by atomic mass is 35.5. The number of carbonyl (C=O) groups is 1. The van der Waals surface area contributed by atoms with Crippen molar-refractivity contribution >= 4 is 29.7 Å². The Morgan fingerprint density at radius 3 is 2.53 bits per heavy atom. The summed E-state index contributed by atoms with van der Waals surface area (Å²) in [4.78, 5) is 12.5. The molecule has 0 aliphatic rings. The van der Waals surface area contributed by atoms with Crippen molar-refractivity contribution < 1.29 is 4.79 Å². The molecule has 0 saturated heterocycles. The molecule has 2 heterocycles.